The minimum atomic E-state index is -4.17. The van der Waals surface area contributed by atoms with Crippen LogP contribution in [0.25, 0.3) is 0 Å². The van der Waals surface area contributed by atoms with Crippen LogP contribution in [0.4, 0.5) is 13.2 Å². The highest BCUT2D eigenvalue weighted by molar-refractivity contribution is 5.34. The molecule has 0 spiro atoms. The van der Waals surface area contributed by atoms with Gasteiger partial charge in [-0.1, -0.05) is 0 Å². The molecule has 0 radical (unpaired) electrons. The fourth-order valence-corrected chi connectivity index (χ4v) is 1.33. The van der Waals surface area contributed by atoms with E-state index >= 15 is 0 Å². The van der Waals surface area contributed by atoms with Gasteiger partial charge < -0.3 is 14.8 Å². The summed E-state index contributed by atoms with van der Waals surface area (Å²) in [6, 6.07) is 0. The number of aromatic nitrogens is 2. The van der Waals surface area contributed by atoms with E-state index in [0.717, 1.165) is 0 Å². The van der Waals surface area contributed by atoms with E-state index in [1.54, 1.807) is 0 Å². The van der Waals surface area contributed by atoms with Crippen LogP contribution in [-0.4, -0.2) is 36.9 Å². The Hall–Kier alpha value is -1.57. The maximum Gasteiger partial charge on any atom is 0.390 e. The summed E-state index contributed by atoms with van der Waals surface area (Å²) >= 11 is 0. The number of methoxy groups -OCH3 is 2. The highest BCUT2D eigenvalue weighted by Crippen LogP contribution is 2.23. The summed E-state index contributed by atoms with van der Waals surface area (Å²) in [5, 5.41) is 2.65. The van der Waals surface area contributed by atoms with Crippen LogP contribution >= 0.6 is 0 Å². The van der Waals surface area contributed by atoms with Gasteiger partial charge in [0.2, 0.25) is 11.8 Å². The zero-order valence-corrected chi connectivity index (χ0v) is 10.0. The highest BCUT2D eigenvalue weighted by Gasteiger charge is 2.26. The highest BCUT2D eigenvalue weighted by atomic mass is 19.4. The van der Waals surface area contributed by atoms with Gasteiger partial charge in [0.15, 0.2) is 0 Å². The number of rotatable bonds is 6. The van der Waals surface area contributed by atoms with Crippen molar-refractivity contribution in [3.8, 4) is 11.8 Å². The first-order chi connectivity index (χ1) is 8.48. The van der Waals surface area contributed by atoms with Crippen molar-refractivity contribution in [3.63, 3.8) is 0 Å². The standard InChI is InChI=1S/C10H14F3N3O2/c1-17-8-7(9(18-2)16-6-15-8)5-14-4-3-10(11,12)13/h6,14H,3-5H2,1-2H3. The normalized spacial score (nSPS) is 11.4. The number of ether oxygens (including phenoxy) is 2. The van der Waals surface area contributed by atoms with Gasteiger partial charge in [0.25, 0.3) is 0 Å². The van der Waals surface area contributed by atoms with Crippen molar-refractivity contribution in [1.29, 1.82) is 0 Å². The first-order valence-corrected chi connectivity index (χ1v) is 5.17. The van der Waals surface area contributed by atoms with Gasteiger partial charge in [-0.3, -0.25) is 0 Å². The average molecular weight is 265 g/mol. The zero-order chi connectivity index (χ0) is 13.6. The van der Waals surface area contributed by atoms with Crippen molar-refractivity contribution in [2.75, 3.05) is 20.8 Å². The number of nitrogens with one attached hydrogen (secondary N) is 1. The fourth-order valence-electron chi connectivity index (χ4n) is 1.33. The number of alkyl halides is 3. The van der Waals surface area contributed by atoms with Crippen LogP contribution in [-0.2, 0) is 6.54 Å². The number of hydrogen-bond acceptors (Lipinski definition) is 5. The second-order valence-corrected chi connectivity index (χ2v) is 3.41. The Morgan fingerprint density at radius 2 is 1.72 bits per heavy atom. The molecule has 1 rings (SSSR count). The molecule has 0 aliphatic heterocycles. The molecule has 0 aliphatic carbocycles. The molecule has 1 aromatic rings. The molecule has 0 aromatic carbocycles. The molecule has 18 heavy (non-hydrogen) atoms. The van der Waals surface area contributed by atoms with Crippen LogP contribution in [0.2, 0.25) is 0 Å². The Kier molecular flexibility index (Phi) is 5.14. The van der Waals surface area contributed by atoms with E-state index in [9.17, 15) is 13.2 Å². The van der Waals surface area contributed by atoms with E-state index in [4.69, 9.17) is 9.47 Å². The van der Waals surface area contributed by atoms with Crippen molar-refractivity contribution in [3.05, 3.63) is 11.9 Å². The van der Waals surface area contributed by atoms with Crippen molar-refractivity contribution >= 4 is 0 Å². The number of nitrogens with zero attached hydrogens (tertiary/aromatic N) is 2. The van der Waals surface area contributed by atoms with Crippen LogP contribution in [0, 0.1) is 0 Å². The summed E-state index contributed by atoms with van der Waals surface area (Å²) in [7, 11) is 2.84. The summed E-state index contributed by atoms with van der Waals surface area (Å²) in [4.78, 5) is 7.72. The minimum absolute atomic E-state index is 0.142. The lowest BCUT2D eigenvalue weighted by atomic mass is 10.3. The van der Waals surface area contributed by atoms with E-state index in [1.165, 1.54) is 20.5 Å². The van der Waals surface area contributed by atoms with Crippen LogP contribution in [0.5, 0.6) is 11.8 Å². The van der Waals surface area contributed by atoms with Crippen LogP contribution in [0.3, 0.4) is 0 Å². The van der Waals surface area contributed by atoms with Gasteiger partial charge in [-0.05, 0) is 0 Å². The third-order valence-corrected chi connectivity index (χ3v) is 2.14. The van der Waals surface area contributed by atoms with E-state index < -0.39 is 12.6 Å². The molecular formula is C10H14F3N3O2. The summed E-state index contributed by atoms with van der Waals surface area (Å²) in [5.74, 6) is 0.558. The smallest absolute Gasteiger partial charge is 0.390 e. The van der Waals surface area contributed by atoms with Gasteiger partial charge in [0.05, 0.1) is 26.2 Å². The Balaban J connectivity index is 2.60. The molecule has 1 N–H and O–H groups in total. The summed E-state index contributed by atoms with van der Waals surface area (Å²) in [5.41, 5.74) is 0.490. The van der Waals surface area contributed by atoms with Gasteiger partial charge in [-0.2, -0.15) is 13.2 Å². The molecule has 0 saturated carbocycles. The van der Waals surface area contributed by atoms with Crippen molar-refractivity contribution in [1.82, 2.24) is 15.3 Å². The van der Waals surface area contributed by atoms with Gasteiger partial charge in [0.1, 0.15) is 6.33 Å². The minimum Gasteiger partial charge on any atom is -0.481 e. The molecule has 102 valence electrons. The summed E-state index contributed by atoms with van der Waals surface area (Å²) < 4.78 is 45.9. The van der Waals surface area contributed by atoms with Gasteiger partial charge in [0, 0.05) is 13.1 Å². The van der Waals surface area contributed by atoms with E-state index in [2.05, 4.69) is 15.3 Å². The molecule has 0 unspecified atom stereocenters. The SMILES string of the molecule is COc1ncnc(OC)c1CNCCC(F)(F)F. The maximum atomic E-state index is 12.0. The Morgan fingerprint density at radius 1 is 1.17 bits per heavy atom. The average Bonchev–Trinajstić information content (AvgIpc) is 2.33. The third kappa shape index (κ3) is 4.36. The third-order valence-electron chi connectivity index (χ3n) is 2.14. The molecule has 0 saturated heterocycles. The first-order valence-electron chi connectivity index (χ1n) is 5.17. The second kappa shape index (κ2) is 6.39. The lowest BCUT2D eigenvalue weighted by Crippen LogP contribution is -2.22. The Labute approximate surface area is 102 Å². The van der Waals surface area contributed by atoms with Gasteiger partial charge in [-0.25, -0.2) is 9.97 Å². The van der Waals surface area contributed by atoms with Crippen LogP contribution in [0.1, 0.15) is 12.0 Å². The largest absolute Gasteiger partial charge is 0.481 e. The quantitative estimate of drug-likeness (QED) is 0.791. The van der Waals surface area contributed by atoms with Crippen molar-refractivity contribution in [2.45, 2.75) is 19.1 Å². The molecule has 5 nitrogen and oxygen atoms in total. The molecule has 0 fully saturated rings. The Bertz CT molecular complexity index is 363. The maximum absolute atomic E-state index is 12.0. The zero-order valence-electron chi connectivity index (χ0n) is 10.0. The monoisotopic (exact) mass is 265 g/mol. The molecular weight excluding hydrogens is 251 g/mol. The molecule has 0 atom stereocenters. The number of hydrogen-bond donors (Lipinski definition) is 1. The lowest BCUT2D eigenvalue weighted by molar-refractivity contribution is -0.133. The van der Waals surface area contributed by atoms with Crippen molar-refractivity contribution < 1.29 is 22.6 Å². The number of halogens is 3. The van der Waals surface area contributed by atoms with Gasteiger partial charge >= 0.3 is 6.18 Å². The predicted octanol–water partition coefficient (Wildman–Crippen LogP) is 1.54. The van der Waals surface area contributed by atoms with Crippen molar-refractivity contribution in [2.24, 2.45) is 0 Å². The molecule has 1 aromatic heterocycles. The lowest BCUT2D eigenvalue weighted by Gasteiger charge is -2.12. The van der Waals surface area contributed by atoms with Crippen LogP contribution < -0.4 is 14.8 Å². The summed E-state index contributed by atoms with van der Waals surface area (Å²) in [6.07, 6.45) is -3.81. The second-order valence-electron chi connectivity index (χ2n) is 3.41. The topological polar surface area (TPSA) is 56.3 Å². The molecule has 0 amide bonds. The predicted molar refractivity (Wildman–Crippen MR) is 57.5 cm³/mol. The summed E-state index contributed by atoms with van der Waals surface area (Å²) in [6.45, 7) is -0.0476. The molecule has 1 heterocycles. The first kappa shape index (κ1) is 14.5. The van der Waals surface area contributed by atoms with E-state index in [1.807, 2.05) is 0 Å². The van der Waals surface area contributed by atoms with Crippen LogP contribution in [0.15, 0.2) is 6.33 Å². The molecule has 0 aliphatic rings. The molecule has 0 bridgehead atoms. The fraction of sp³-hybridized carbons (Fsp3) is 0.600. The van der Waals surface area contributed by atoms with E-state index in [-0.39, 0.29) is 24.8 Å². The van der Waals surface area contributed by atoms with E-state index in [0.29, 0.717) is 5.56 Å². The Morgan fingerprint density at radius 3 is 2.17 bits per heavy atom. The molecule has 8 heteroatoms. The van der Waals surface area contributed by atoms with Gasteiger partial charge in [-0.15, -0.1) is 0 Å².